The summed E-state index contributed by atoms with van der Waals surface area (Å²) in [6.45, 7) is 3.46. The molecule has 0 N–H and O–H groups in total. The lowest BCUT2D eigenvalue weighted by Gasteiger charge is -2.26. The molecule has 2 aliphatic rings. The SMILES string of the molecule is O=C1CC(S)CN1CC1CCOCC1. The lowest BCUT2D eigenvalue weighted by atomic mass is 10.00. The summed E-state index contributed by atoms with van der Waals surface area (Å²) >= 11 is 4.34. The molecule has 2 saturated heterocycles. The van der Waals surface area contributed by atoms with E-state index in [1.807, 2.05) is 4.90 Å². The summed E-state index contributed by atoms with van der Waals surface area (Å²) in [6, 6.07) is 0. The number of ether oxygens (including phenoxy) is 1. The van der Waals surface area contributed by atoms with Crippen LogP contribution in [0.25, 0.3) is 0 Å². The molecule has 0 bridgehead atoms. The van der Waals surface area contributed by atoms with Crippen LogP contribution in [0.4, 0.5) is 0 Å². The van der Waals surface area contributed by atoms with Crippen LogP contribution in [0.1, 0.15) is 19.3 Å². The van der Waals surface area contributed by atoms with Crippen molar-refractivity contribution in [2.45, 2.75) is 24.5 Å². The molecule has 14 heavy (non-hydrogen) atoms. The van der Waals surface area contributed by atoms with Crippen LogP contribution < -0.4 is 0 Å². The number of carbonyl (C=O) groups excluding carboxylic acids is 1. The molecule has 2 fully saturated rings. The maximum absolute atomic E-state index is 11.5. The smallest absolute Gasteiger partial charge is 0.223 e. The van der Waals surface area contributed by atoms with E-state index >= 15 is 0 Å². The van der Waals surface area contributed by atoms with Gasteiger partial charge in [0.2, 0.25) is 5.91 Å². The van der Waals surface area contributed by atoms with Crippen LogP contribution in [0.5, 0.6) is 0 Å². The average molecular weight is 215 g/mol. The Hall–Kier alpha value is -0.220. The molecule has 0 aromatic heterocycles. The number of carbonyl (C=O) groups is 1. The predicted molar refractivity (Wildman–Crippen MR) is 57.5 cm³/mol. The van der Waals surface area contributed by atoms with Gasteiger partial charge in [0.1, 0.15) is 0 Å². The molecule has 3 nitrogen and oxygen atoms in total. The molecule has 2 aliphatic heterocycles. The molecule has 0 saturated carbocycles. The second-order valence-electron chi connectivity index (χ2n) is 4.21. The van der Waals surface area contributed by atoms with Gasteiger partial charge < -0.3 is 9.64 Å². The van der Waals surface area contributed by atoms with Gasteiger partial charge in [0, 0.05) is 38.0 Å². The molecule has 2 rings (SSSR count). The fraction of sp³-hybridized carbons (Fsp3) is 0.900. The van der Waals surface area contributed by atoms with Crippen LogP contribution in [-0.4, -0.2) is 42.4 Å². The number of rotatable bonds is 2. The highest BCUT2D eigenvalue weighted by Gasteiger charge is 2.29. The number of likely N-dealkylation sites (tertiary alicyclic amines) is 1. The molecule has 2 heterocycles. The molecule has 0 aromatic carbocycles. The average Bonchev–Trinajstić information content (AvgIpc) is 2.47. The van der Waals surface area contributed by atoms with E-state index in [2.05, 4.69) is 12.6 Å². The standard InChI is InChI=1S/C10H17NO2S/c12-10-5-9(14)7-11(10)6-8-1-3-13-4-2-8/h8-9,14H,1-7H2. The van der Waals surface area contributed by atoms with Crippen LogP contribution >= 0.6 is 12.6 Å². The first-order valence-electron chi connectivity index (χ1n) is 5.29. The van der Waals surface area contributed by atoms with Crippen molar-refractivity contribution in [2.24, 2.45) is 5.92 Å². The Kier molecular flexibility index (Phi) is 3.34. The van der Waals surface area contributed by atoms with Gasteiger partial charge in [-0.25, -0.2) is 0 Å². The lowest BCUT2D eigenvalue weighted by molar-refractivity contribution is -0.128. The van der Waals surface area contributed by atoms with E-state index in [9.17, 15) is 4.79 Å². The molecule has 0 aromatic rings. The Balaban J connectivity index is 1.81. The zero-order valence-corrected chi connectivity index (χ0v) is 9.21. The van der Waals surface area contributed by atoms with Crippen molar-refractivity contribution in [2.75, 3.05) is 26.3 Å². The van der Waals surface area contributed by atoms with E-state index in [0.29, 0.717) is 12.3 Å². The van der Waals surface area contributed by atoms with Crippen LogP contribution in [0, 0.1) is 5.92 Å². The zero-order valence-electron chi connectivity index (χ0n) is 8.32. The first kappa shape index (κ1) is 10.3. The highest BCUT2D eigenvalue weighted by atomic mass is 32.1. The summed E-state index contributed by atoms with van der Waals surface area (Å²) < 4.78 is 5.29. The summed E-state index contributed by atoms with van der Waals surface area (Å²) in [5.74, 6) is 0.919. The molecule has 80 valence electrons. The van der Waals surface area contributed by atoms with Crippen molar-refractivity contribution < 1.29 is 9.53 Å². The highest BCUT2D eigenvalue weighted by Crippen LogP contribution is 2.21. The van der Waals surface area contributed by atoms with Gasteiger partial charge in [-0.1, -0.05) is 0 Å². The molecular weight excluding hydrogens is 198 g/mol. The second kappa shape index (κ2) is 4.53. The summed E-state index contributed by atoms with van der Waals surface area (Å²) in [4.78, 5) is 13.5. The Labute approximate surface area is 90.2 Å². The molecule has 4 heteroatoms. The van der Waals surface area contributed by atoms with Crippen LogP contribution in [0.3, 0.4) is 0 Å². The Morgan fingerprint density at radius 1 is 1.43 bits per heavy atom. The van der Waals surface area contributed by atoms with E-state index in [0.717, 1.165) is 39.1 Å². The summed E-state index contributed by atoms with van der Waals surface area (Å²) in [5.41, 5.74) is 0. The third-order valence-corrected chi connectivity index (χ3v) is 3.36. The quantitative estimate of drug-likeness (QED) is 0.695. The van der Waals surface area contributed by atoms with E-state index < -0.39 is 0 Å². The Bertz CT molecular complexity index is 216. The summed E-state index contributed by atoms with van der Waals surface area (Å²) in [7, 11) is 0. The van der Waals surface area contributed by atoms with Gasteiger partial charge in [0.25, 0.3) is 0 Å². The minimum atomic E-state index is 0.252. The first-order valence-corrected chi connectivity index (χ1v) is 5.81. The number of amides is 1. The minimum Gasteiger partial charge on any atom is -0.381 e. The fourth-order valence-corrected chi connectivity index (χ4v) is 2.52. The van der Waals surface area contributed by atoms with Gasteiger partial charge in [-0.2, -0.15) is 12.6 Å². The molecule has 0 spiro atoms. The molecular formula is C10H17NO2S. The fourth-order valence-electron chi connectivity index (χ4n) is 2.17. The third-order valence-electron chi connectivity index (χ3n) is 3.01. The maximum Gasteiger partial charge on any atom is 0.223 e. The number of hydrogen-bond donors (Lipinski definition) is 1. The molecule has 1 amide bonds. The van der Waals surface area contributed by atoms with Crippen molar-refractivity contribution in [3.05, 3.63) is 0 Å². The van der Waals surface area contributed by atoms with Crippen molar-refractivity contribution in [1.82, 2.24) is 4.90 Å². The van der Waals surface area contributed by atoms with E-state index in [1.54, 1.807) is 0 Å². The maximum atomic E-state index is 11.5. The van der Waals surface area contributed by atoms with E-state index in [-0.39, 0.29) is 11.2 Å². The number of thiol groups is 1. The van der Waals surface area contributed by atoms with Gasteiger partial charge >= 0.3 is 0 Å². The van der Waals surface area contributed by atoms with Crippen LogP contribution in [0.2, 0.25) is 0 Å². The molecule has 1 unspecified atom stereocenters. The van der Waals surface area contributed by atoms with E-state index in [4.69, 9.17) is 4.74 Å². The second-order valence-corrected chi connectivity index (χ2v) is 4.94. The summed E-state index contributed by atoms with van der Waals surface area (Å²) in [5, 5.41) is 0.252. The molecule has 0 aliphatic carbocycles. The molecule has 1 atom stereocenters. The van der Waals surface area contributed by atoms with Gasteiger partial charge in [-0.3, -0.25) is 4.79 Å². The van der Waals surface area contributed by atoms with Gasteiger partial charge in [-0.05, 0) is 18.8 Å². The first-order chi connectivity index (χ1) is 6.75. The summed E-state index contributed by atoms with van der Waals surface area (Å²) in [6.07, 6.45) is 2.81. The van der Waals surface area contributed by atoms with Crippen LogP contribution in [-0.2, 0) is 9.53 Å². The van der Waals surface area contributed by atoms with Gasteiger partial charge in [-0.15, -0.1) is 0 Å². The van der Waals surface area contributed by atoms with E-state index in [1.165, 1.54) is 0 Å². The molecule has 0 radical (unpaired) electrons. The van der Waals surface area contributed by atoms with Crippen molar-refractivity contribution in [1.29, 1.82) is 0 Å². The number of hydrogen-bond acceptors (Lipinski definition) is 3. The van der Waals surface area contributed by atoms with Crippen molar-refractivity contribution >= 4 is 18.5 Å². The van der Waals surface area contributed by atoms with Crippen LogP contribution in [0.15, 0.2) is 0 Å². The van der Waals surface area contributed by atoms with Gasteiger partial charge in [0.05, 0.1) is 0 Å². The monoisotopic (exact) mass is 215 g/mol. The largest absolute Gasteiger partial charge is 0.381 e. The predicted octanol–water partition coefficient (Wildman–Crippen LogP) is 0.944. The van der Waals surface area contributed by atoms with Crippen molar-refractivity contribution in [3.63, 3.8) is 0 Å². The van der Waals surface area contributed by atoms with Crippen molar-refractivity contribution in [3.8, 4) is 0 Å². The number of nitrogens with zero attached hydrogens (tertiary/aromatic N) is 1. The Morgan fingerprint density at radius 3 is 2.71 bits per heavy atom. The lowest BCUT2D eigenvalue weighted by Crippen LogP contribution is -2.33. The topological polar surface area (TPSA) is 29.5 Å². The minimum absolute atomic E-state index is 0.252. The zero-order chi connectivity index (χ0) is 9.97. The normalized spacial score (nSPS) is 29.9. The Morgan fingerprint density at radius 2 is 2.14 bits per heavy atom. The highest BCUT2D eigenvalue weighted by molar-refractivity contribution is 7.81. The van der Waals surface area contributed by atoms with Gasteiger partial charge in [0.15, 0.2) is 0 Å². The third kappa shape index (κ3) is 2.42.